The molecule has 0 aliphatic rings. The fourth-order valence-electron chi connectivity index (χ4n) is 9.11. The van der Waals surface area contributed by atoms with Crippen LogP contribution in [-0.2, 0) is 0 Å². The molecule has 226 valence electrons. The van der Waals surface area contributed by atoms with Crippen molar-refractivity contribution in [1.29, 1.82) is 0 Å². The largest absolute Gasteiger partial charge is 0.139 e. The Morgan fingerprint density at radius 3 is 1.32 bits per heavy atom. The zero-order chi connectivity index (χ0) is 34.6. The van der Waals surface area contributed by atoms with E-state index >= 15 is 0 Å². The molecule has 0 unspecified atom stereocenters. The van der Waals surface area contributed by atoms with Gasteiger partial charge in [-0.3, -0.25) is 0 Å². The molecular weight excluding hydrogens is 591 g/mol. The molecule has 0 aliphatic heterocycles. The minimum absolute atomic E-state index is 1.27. The molecule has 0 aliphatic carbocycles. The van der Waals surface area contributed by atoms with Gasteiger partial charge in [0.25, 0.3) is 0 Å². The smallest absolute Gasteiger partial charge is 0.101 e. The molecule has 0 nitrogen and oxygen atoms in total. The molecule has 8 heteroatoms. The topological polar surface area (TPSA) is 0 Å². The lowest BCUT2D eigenvalue weighted by Gasteiger charge is -2.28. The number of hydrogen-bond acceptors (Lipinski definition) is 0. The Morgan fingerprint density at radius 1 is 0.280 bits per heavy atom. The Balaban J connectivity index is 1.59. The summed E-state index contributed by atoms with van der Waals surface area (Å²) in [4.78, 5) is 0. The van der Waals surface area contributed by atoms with Gasteiger partial charge in [-0.2, -0.15) is 0 Å². The van der Waals surface area contributed by atoms with Gasteiger partial charge in [0, 0.05) is 0 Å². The van der Waals surface area contributed by atoms with Gasteiger partial charge in [-0.05, 0) is 99.0 Å². The Labute approximate surface area is 301 Å². The molecule has 50 heavy (non-hydrogen) atoms. The van der Waals surface area contributed by atoms with Gasteiger partial charge in [0.1, 0.15) is 62.8 Å². The highest BCUT2D eigenvalue weighted by Gasteiger charge is 2.26. The summed E-state index contributed by atoms with van der Waals surface area (Å²) in [7, 11) is 18.7. The highest BCUT2D eigenvalue weighted by atomic mass is 14.3. The van der Waals surface area contributed by atoms with E-state index in [1.54, 1.807) is 0 Å². The number of fused-ring (bicyclic) bond motifs is 8. The molecule has 0 radical (unpaired) electrons. The standard InChI is InChI=1S/C42H34B8/c43-35-31-29(22-15-13-19-7-1-2-9-21(19)17-22)32-34(38(46)42(50)40(48)36(32)44)30(33(31)37(45)41(49)39(35)47)27-18-23-16-14-20-8-3-4-10-24(20)28(23)26-12-6-5-11-25(26)27/h1-18H,43-50H2. The normalized spacial score (nSPS) is 11.8. The molecule has 0 spiro atoms. The highest BCUT2D eigenvalue weighted by Crippen LogP contribution is 2.45. The molecule has 0 N–H and O–H groups in total. The molecule has 0 aromatic heterocycles. The van der Waals surface area contributed by atoms with Crippen LogP contribution in [0, 0.1) is 0 Å². The van der Waals surface area contributed by atoms with Crippen LogP contribution in [0.5, 0.6) is 0 Å². The van der Waals surface area contributed by atoms with Crippen LogP contribution in [0.3, 0.4) is 0 Å². The zero-order valence-electron chi connectivity index (χ0n) is 30.4. The second-order valence-corrected chi connectivity index (χ2v) is 14.7. The molecule has 0 bridgehead atoms. The van der Waals surface area contributed by atoms with Crippen LogP contribution in [0.2, 0.25) is 0 Å². The van der Waals surface area contributed by atoms with Gasteiger partial charge in [0.15, 0.2) is 0 Å². The average molecular weight is 625 g/mol. The summed E-state index contributed by atoms with van der Waals surface area (Å²) >= 11 is 0. The van der Waals surface area contributed by atoms with Crippen LogP contribution >= 0.6 is 0 Å². The first-order chi connectivity index (χ1) is 24.2. The summed E-state index contributed by atoms with van der Waals surface area (Å²) in [6.07, 6.45) is 0. The van der Waals surface area contributed by atoms with Crippen molar-refractivity contribution >= 4 is 171 Å². The van der Waals surface area contributed by atoms with Crippen molar-refractivity contribution in [1.82, 2.24) is 0 Å². The monoisotopic (exact) mass is 626 g/mol. The first-order valence-electron chi connectivity index (χ1n) is 18.0. The van der Waals surface area contributed by atoms with E-state index in [9.17, 15) is 0 Å². The maximum atomic E-state index is 2.50. The van der Waals surface area contributed by atoms with Gasteiger partial charge in [0.05, 0.1) is 0 Å². The summed E-state index contributed by atoms with van der Waals surface area (Å²) in [5.74, 6) is 0. The van der Waals surface area contributed by atoms with Gasteiger partial charge in [-0.25, -0.2) is 0 Å². The first kappa shape index (κ1) is 31.1. The molecule has 0 saturated heterocycles. The minimum atomic E-state index is 1.27. The van der Waals surface area contributed by atoms with E-state index in [1.807, 2.05) is 0 Å². The SMILES string of the molecule is Bc1c(B)c(B)c2c(-c3cc4ccc5ccccc5c4c4ccccc34)c3c(B)c(B)c(B)c(B)c3c(-c3ccc4ccccc4c3)c2c1B. The van der Waals surface area contributed by atoms with Crippen molar-refractivity contribution in [3.63, 3.8) is 0 Å². The van der Waals surface area contributed by atoms with E-state index < -0.39 is 0 Å². The molecule has 0 fully saturated rings. The Hall–Kier alpha value is -4.94. The van der Waals surface area contributed by atoms with Crippen LogP contribution < -0.4 is 43.7 Å². The molecule has 0 heterocycles. The van der Waals surface area contributed by atoms with E-state index in [2.05, 4.69) is 172 Å². The van der Waals surface area contributed by atoms with Crippen molar-refractivity contribution in [2.24, 2.45) is 0 Å². The van der Waals surface area contributed by atoms with Gasteiger partial charge < -0.3 is 0 Å². The quantitative estimate of drug-likeness (QED) is 0.119. The lowest BCUT2D eigenvalue weighted by Crippen LogP contribution is -2.50. The second-order valence-electron chi connectivity index (χ2n) is 14.7. The van der Waals surface area contributed by atoms with Crippen LogP contribution in [0.4, 0.5) is 0 Å². The fourth-order valence-corrected chi connectivity index (χ4v) is 9.11. The maximum absolute atomic E-state index is 2.50. The predicted molar refractivity (Wildman–Crippen MR) is 248 cm³/mol. The maximum Gasteiger partial charge on any atom is 0.139 e. The van der Waals surface area contributed by atoms with E-state index in [1.165, 1.54) is 131 Å². The summed E-state index contributed by atoms with van der Waals surface area (Å²) in [5.41, 5.74) is 16.4. The molecule has 9 aromatic carbocycles. The summed E-state index contributed by atoms with van der Waals surface area (Å²) < 4.78 is 0. The summed E-state index contributed by atoms with van der Waals surface area (Å²) in [5, 5.41) is 15.9. The number of benzene rings is 9. The summed E-state index contributed by atoms with van der Waals surface area (Å²) in [6.45, 7) is 0. The molecule has 0 atom stereocenters. The van der Waals surface area contributed by atoms with Gasteiger partial charge in [-0.1, -0.05) is 119 Å². The van der Waals surface area contributed by atoms with E-state index in [4.69, 9.17) is 0 Å². The van der Waals surface area contributed by atoms with E-state index in [0.29, 0.717) is 0 Å². The Kier molecular flexibility index (Phi) is 7.02. The predicted octanol–water partition coefficient (Wildman–Crippen LogP) is -1.99. The molecule has 9 rings (SSSR count). The molecule has 9 aromatic rings. The molecule has 0 amide bonds. The fraction of sp³-hybridized carbons (Fsp3) is 0. The second kappa shape index (κ2) is 11.3. The van der Waals surface area contributed by atoms with Gasteiger partial charge in [-0.15, -0.1) is 21.9 Å². The lowest BCUT2D eigenvalue weighted by molar-refractivity contribution is 1.72. The van der Waals surface area contributed by atoms with Crippen molar-refractivity contribution in [3.05, 3.63) is 109 Å². The van der Waals surface area contributed by atoms with Crippen LogP contribution in [-0.4, -0.2) is 62.8 Å². The summed E-state index contributed by atoms with van der Waals surface area (Å²) in [6, 6.07) is 40.9. The van der Waals surface area contributed by atoms with Crippen molar-refractivity contribution in [2.75, 3.05) is 0 Å². The average Bonchev–Trinajstić information content (AvgIpc) is 3.15. The van der Waals surface area contributed by atoms with Gasteiger partial charge in [0.2, 0.25) is 0 Å². The highest BCUT2D eigenvalue weighted by molar-refractivity contribution is 6.71. The Morgan fingerprint density at radius 2 is 0.720 bits per heavy atom. The van der Waals surface area contributed by atoms with Gasteiger partial charge >= 0.3 is 0 Å². The Bertz CT molecular complexity index is 2880. The zero-order valence-corrected chi connectivity index (χ0v) is 30.4. The third kappa shape index (κ3) is 4.24. The van der Waals surface area contributed by atoms with Crippen molar-refractivity contribution in [2.45, 2.75) is 0 Å². The first-order valence-corrected chi connectivity index (χ1v) is 18.0. The third-order valence-electron chi connectivity index (χ3n) is 12.4. The minimum Gasteiger partial charge on any atom is -0.101 e. The molecule has 0 saturated carbocycles. The van der Waals surface area contributed by atoms with Crippen molar-refractivity contribution < 1.29 is 0 Å². The van der Waals surface area contributed by atoms with Crippen molar-refractivity contribution in [3.8, 4) is 22.3 Å². The number of rotatable bonds is 2. The third-order valence-corrected chi connectivity index (χ3v) is 12.4. The van der Waals surface area contributed by atoms with E-state index in [-0.39, 0.29) is 0 Å². The van der Waals surface area contributed by atoms with Crippen LogP contribution in [0.15, 0.2) is 109 Å². The van der Waals surface area contributed by atoms with Crippen LogP contribution in [0.25, 0.3) is 86.9 Å². The van der Waals surface area contributed by atoms with E-state index in [0.717, 1.165) is 0 Å². The lowest BCUT2D eigenvalue weighted by atomic mass is 9.59. The molecular formula is C42H34B8. The number of hydrogen-bond donors (Lipinski definition) is 0. The van der Waals surface area contributed by atoms with Crippen LogP contribution in [0.1, 0.15) is 0 Å².